The standard InChI is InChI=1S/C84H52BN3/c1-4-25-53(26-5-1)56-47-71-63-34-13-11-32-61(63)60-31-10-12-33-62(60)65-36-16-22-45-77(65)87-79-51-58(86-75-43-20-18-38-67(75)68-39-19-21-44-76(68)86)52-80-82(79)85(73(49-56)83(71)87)74-50-57(54-27-6-2-7-28-54)48-72-70-42-24-41-59(55-29-8-3-9-30-55)81(70)69-40-15-14-35-64(69)66-37-17-23-46-78(66)88(80)84(72)74/h1-52H. The maximum Gasteiger partial charge on any atom is 0.252 e. The van der Waals surface area contributed by atoms with Crippen molar-refractivity contribution in [3.8, 4) is 50.4 Å². The lowest BCUT2D eigenvalue weighted by molar-refractivity contribution is 1.10. The van der Waals surface area contributed by atoms with Crippen LogP contribution in [-0.4, -0.2) is 20.4 Å². The van der Waals surface area contributed by atoms with Gasteiger partial charge in [-0.3, -0.25) is 0 Å². The van der Waals surface area contributed by atoms with Crippen LogP contribution in [0.15, 0.2) is 315 Å². The Morgan fingerprint density at radius 3 is 1.00 bits per heavy atom. The lowest BCUT2D eigenvalue weighted by Crippen LogP contribution is -2.60. The van der Waals surface area contributed by atoms with Gasteiger partial charge >= 0.3 is 0 Å². The Bertz CT molecular complexity index is 5940. The van der Waals surface area contributed by atoms with Crippen LogP contribution in [0.3, 0.4) is 0 Å². The van der Waals surface area contributed by atoms with Crippen molar-refractivity contribution in [2.45, 2.75) is 0 Å². The molecule has 17 aromatic rings. The number of fused-ring (bicyclic) bond motifs is 21. The van der Waals surface area contributed by atoms with Gasteiger partial charge in [-0.05, 0) is 141 Å². The first-order valence-electron chi connectivity index (χ1n) is 30.6. The second-order valence-corrected chi connectivity index (χ2v) is 23.8. The number of rotatable bonds is 4. The molecular formula is C84H52BN3. The molecule has 0 N–H and O–H groups in total. The Morgan fingerprint density at radius 2 is 0.534 bits per heavy atom. The summed E-state index contributed by atoms with van der Waals surface area (Å²) in [7, 11) is 0. The third-order valence-corrected chi connectivity index (χ3v) is 19.2. The molecule has 88 heavy (non-hydrogen) atoms. The van der Waals surface area contributed by atoms with Crippen molar-refractivity contribution in [2.75, 3.05) is 0 Å². The number of aromatic nitrogens is 3. The van der Waals surface area contributed by atoms with Crippen LogP contribution in [0, 0.1) is 0 Å². The van der Waals surface area contributed by atoms with Crippen LogP contribution in [0.4, 0.5) is 0 Å². The van der Waals surface area contributed by atoms with Crippen LogP contribution >= 0.6 is 0 Å². The van der Waals surface area contributed by atoms with Crippen LogP contribution in [-0.2, 0) is 0 Å². The van der Waals surface area contributed by atoms with Crippen LogP contribution in [0.25, 0.3) is 159 Å². The molecule has 0 saturated carbocycles. The number of benzene rings is 14. The number of hydrogen-bond donors (Lipinski definition) is 0. The Labute approximate surface area is 508 Å². The van der Waals surface area contributed by atoms with E-state index in [4.69, 9.17) is 0 Å². The van der Waals surface area contributed by atoms with Gasteiger partial charge in [0.1, 0.15) is 0 Å². The van der Waals surface area contributed by atoms with Gasteiger partial charge in [0, 0.05) is 54.7 Å². The topological polar surface area (TPSA) is 14.8 Å². The highest BCUT2D eigenvalue weighted by Crippen LogP contribution is 2.45. The first kappa shape index (κ1) is 48.9. The molecule has 0 aliphatic carbocycles. The van der Waals surface area contributed by atoms with E-state index in [0.717, 1.165) is 39.1 Å². The van der Waals surface area contributed by atoms with Crippen molar-refractivity contribution in [1.82, 2.24) is 13.7 Å². The van der Waals surface area contributed by atoms with E-state index in [0.29, 0.717) is 0 Å². The molecule has 0 atom stereocenters. The summed E-state index contributed by atoms with van der Waals surface area (Å²) in [5, 5.41) is 16.7. The lowest BCUT2D eigenvalue weighted by Gasteiger charge is -2.37. The van der Waals surface area contributed by atoms with Crippen molar-refractivity contribution in [2.24, 2.45) is 0 Å². The van der Waals surface area contributed by atoms with Gasteiger partial charge in [-0.25, -0.2) is 0 Å². The second-order valence-electron chi connectivity index (χ2n) is 23.8. The fraction of sp³-hybridized carbons (Fsp3) is 0. The number of para-hydroxylation sites is 4. The minimum atomic E-state index is -0.266. The minimum absolute atomic E-state index is 0.266. The van der Waals surface area contributed by atoms with E-state index < -0.39 is 0 Å². The summed E-state index contributed by atoms with van der Waals surface area (Å²) in [6, 6.07) is 119. The van der Waals surface area contributed by atoms with Crippen molar-refractivity contribution in [3.63, 3.8) is 0 Å². The van der Waals surface area contributed by atoms with Gasteiger partial charge in [0.05, 0.1) is 27.8 Å². The minimum Gasteiger partial charge on any atom is -0.310 e. The largest absolute Gasteiger partial charge is 0.310 e. The molecule has 19 rings (SSSR count). The molecule has 2 aliphatic rings. The Balaban J connectivity index is 1.15. The quantitative estimate of drug-likeness (QED) is 0.156. The van der Waals surface area contributed by atoms with Gasteiger partial charge in [-0.2, -0.15) is 0 Å². The maximum atomic E-state index is 2.70. The van der Waals surface area contributed by atoms with E-state index in [1.54, 1.807) is 0 Å². The Hall–Kier alpha value is -11.5. The van der Waals surface area contributed by atoms with E-state index in [-0.39, 0.29) is 6.71 Å². The maximum absolute atomic E-state index is 2.70. The number of hydrogen-bond acceptors (Lipinski definition) is 0. The summed E-state index contributed by atoms with van der Waals surface area (Å²) < 4.78 is 7.92. The average molecular weight is 1110 g/mol. The molecule has 0 radical (unpaired) electrons. The van der Waals surface area contributed by atoms with E-state index in [1.165, 1.54) is 136 Å². The summed E-state index contributed by atoms with van der Waals surface area (Å²) >= 11 is 0. The fourth-order valence-corrected chi connectivity index (χ4v) is 15.6. The molecule has 3 aromatic heterocycles. The van der Waals surface area contributed by atoms with Gasteiger partial charge in [-0.15, -0.1) is 0 Å². The SMILES string of the molecule is c1ccc(-c2cc3c4c(c2)c2ccccc2c2ccccc2c2ccccc2n4-c2cc(-n4c5ccccc5c5ccccc54)cc4c2B3c2cc(-c3ccccc3)cc3c5cccc(-c6ccccc6)c5c5ccccc5c5ccccc5n-4c23)cc1. The zero-order chi connectivity index (χ0) is 57.6. The molecular weight excluding hydrogens is 1060 g/mol. The molecule has 0 saturated heterocycles. The molecule has 0 bridgehead atoms. The molecule has 14 aromatic carbocycles. The third kappa shape index (κ3) is 7.03. The first-order chi connectivity index (χ1) is 43.7. The highest BCUT2D eigenvalue weighted by molar-refractivity contribution is 7.00. The van der Waals surface area contributed by atoms with Crippen molar-refractivity contribution in [3.05, 3.63) is 315 Å². The van der Waals surface area contributed by atoms with Crippen LogP contribution in [0.2, 0.25) is 0 Å². The molecule has 3 nitrogen and oxygen atoms in total. The summed E-state index contributed by atoms with van der Waals surface area (Å²) in [6.45, 7) is -0.266. The van der Waals surface area contributed by atoms with Crippen molar-refractivity contribution >= 4 is 132 Å². The highest BCUT2D eigenvalue weighted by Gasteiger charge is 2.41. The van der Waals surface area contributed by atoms with Gasteiger partial charge in [0.2, 0.25) is 0 Å². The van der Waals surface area contributed by atoms with Crippen molar-refractivity contribution in [1.29, 1.82) is 0 Å². The summed E-state index contributed by atoms with van der Waals surface area (Å²) in [5.41, 5.74) is 21.2. The molecule has 2 aliphatic heterocycles. The van der Waals surface area contributed by atoms with E-state index in [9.17, 15) is 0 Å². The van der Waals surface area contributed by atoms with Gasteiger partial charge in [-0.1, -0.05) is 267 Å². The van der Waals surface area contributed by atoms with Gasteiger partial charge in [0.25, 0.3) is 6.71 Å². The predicted octanol–water partition coefficient (Wildman–Crippen LogP) is 20.0. The zero-order valence-electron chi connectivity index (χ0n) is 47.9. The molecule has 4 heteroatoms. The summed E-state index contributed by atoms with van der Waals surface area (Å²) in [6.07, 6.45) is 0. The van der Waals surface area contributed by atoms with Gasteiger partial charge < -0.3 is 13.7 Å². The predicted molar refractivity (Wildman–Crippen MR) is 376 cm³/mol. The smallest absolute Gasteiger partial charge is 0.252 e. The van der Waals surface area contributed by atoms with Crippen LogP contribution in [0.1, 0.15) is 0 Å². The van der Waals surface area contributed by atoms with Gasteiger partial charge in [0.15, 0.2) is 0 Å². The normalized spacial score (nSPS) is 12.3. The third-order valence-electron chi connectivity index (χ3n) is 19.2. The van der Waals surface area contributed by atoms with Crippen LogP contribution < -0.4 is 16.4 Å². The lowest BCUT2D eigenvalue weighted by atomic mass is 9.34. The molecule has 0 fully saturated rings. The Morgan fingerprint density at radius 1 is 0.216 bits per heavy atom. The van der Waals surface area contributed by atoms with E-state index in [2.05, 4.69) is 329 Å². The monoisotopic (exact) mass is 1110 g/mol. The molecule has 0 unspecified atom stereocenters. The van der Waals surface area contributed by atoms with Crippen molar-refractivity contribution < 1.29 is 0 Å². The summed E-state index contributed by atoms with van der Waals surface area (Å²) in [5.74, 6) is 0. The highest BCUT2D eigenvalue weighted by atomic mass is 15.1. The average Bonchev–Trinajstić information content (AvgIpc) is 1.02. The zero-order valence-corrected chi connectivity index (χ0v) is 47.9. The van der Waals surface area contributed by atoms with E-state index >= 15 is 0 Å². The Kier molecular flexibility index (Phi) is 10.6. The first-order valence-corrected chi connectivity index (χ1v) is 30.6. The molecule has 0 spiro atoms. The van der Waals surface area contributed by atoms with E-state index in [1.807, 2.05) is 0 Å². The molecule has 406 valence electrons. The number of nitrogens with zero attached hydrogens (tertiary/aromatic N) is 3. The fourth-order valence-electron chi connectivity index (χ4n) is 15.6. The summed E-state index contributed by atoms with van der Waals surface area (Å²) in [4.78, 5) is 0. The van der Waals surface area contributed by atoms with Crippen LogP contribution in [0.5, 0.6) is 0 Å². The molecule has 5 heterocycles. The second kappa shape index (κ2) is 19.0. The molecule has 0 amide bonds.